The van der Waals surface area contributed by atoms with Crippen molar-refractivity contribution in [3.05, 3.63) is 63.0 Å². The van der Waals surface area contributed by atoms with Crippen molar-refractivity contribution in [3.63, 3.8) is 0 Å². The van der Waals surface area contributed by atoms with Gasteiger partial charge >= 0.3 is 18.0 Å². The zero-order chi connectivity index (χ0) is 31.1. The highest BCUT2D eigenvalue weighted by molar-refractivity contribution is 7.11. The van der Waals surface area contributed by atoms with E-state index >= 15 is 0 Å². The maximum absolute atomic E-state index is 14.2. The molecular weight excluding hydrogens is 575 g/mol. The molecule has 2 N–H and O–H groups in total. The Labute approximate surface area is 253 Å². The number of hydrogen-bond donors (Lipinski definition) is 2. The fourth-order valence-electron chi connectivity index (χ4n) is 5.81. The first-order chi connectivity index (χ1) is 20.4. The van der Waals surface area contributed by atoms with Crippen molar-refractivity contribution in [2.45, 2.75) is 51.4 Å². The fraction of sp³-hybridized carbons (Fsp3) is 0.433. The van der Waals surface area contributed by atoms with E-state index in [-0.39, 0.29) is 43.4 Å². The number of piperazine rings is 1. The molecule has 3 atom stereocenters. The first-order valence-electron chi connectivity index (χ1n) is 13.9. The number of ether oxygens (including phenoxy) is 1. The smallest absolute Gasteiger partial charge is 0.338 e. The molecule has 0 aliphatic carbocycles. The molecule has 226 valence electrons. The van der Waals surface area contributed by atoms with Crippen molar-refractivity contribution in [2.75, 3.05) is 32.8 Å². The molecule has 5 rings (SSSR count). The Balaban J connectivity index is 1.60. The lowest BCUT2D eigenvalue weighted by molar-refractivity contribution is -0.147. The minimum Gasteiger partial charge on any atom is -0.480 e. The van der Waals surface area contributed by atoms with Crippen LogP contribution < -0.4 is 5.32 Å². The molecule has 13 heteroatoms. The third kappa shape index (κ3) is 5.72. The minimum atomic E-state index is -1.08. The normalized spacial score (nSPS) is 22.6. The molecular formula is C30H33FN6O5S. The number of nitrogens with one attached hydrogen (secondary N) is 1. The van der Waals surface area contributed by atoms with Crippen LogP contribution in [0.3, 0.4) is 0 Å². The van der Waals surface area contributed by atoms with E-state index in [0.29, 0.717) is 28.6 Å². The number of terminal acetylenes is 1. The molecule has 2 amide bonds. The van der Waals surface area contributed by atoms with Crippen LogP contribution in [-0.4, -0.2) is 99.0 Å². The number of amidine groups is 1. The lowest BCUT2D eigenvalue weighted by Crippen LogP contribution is -2.62. The first kappa shape index (κ1) is 30.2. The summed E-state index contributed by atoms with van der Waals surface area (Å²) in [5.41, 5.74) is 0.660. The highest BCUT2D eigenvalue weighted by atomic mass is 32.1. The third-order valence-corrected chi connectivity index (χ3v) is 8.56. The number of amides is 2. The second kappa shape index (κ2) is 11.8. The van der Waals surface area contributed by atoms with E-state index in [1.165, 1.54) is 29.5 Å². The van der Waals surface area contributed by atoms with Gasteiger partial charge in [-0.3, -0.25) is 14.7 Å². The molecule has 1 aromatic heterocycles. The molecule has 4 heterocycles. The summed E-state index contributed by atoms with van der Waals surface area (Å²) < 4.78 is 19.6. The van der Waals surface area contributed by atoms with Crippen LogP contribution >= 0.6 is 11.3 Å². The summed E-state index contributed by atoms with van der Waals surface area (Å²) in [4.78, 5) is 53.8. The van der Waals surface area contributed by atoms with Gasteiger partial charge in [0, 0.05) is 54.6 Å². The molecule has 2 saturated heterocycles. The number of carbonyl (C=O) groups excluding carboxylic acids is 2. The van der Waals surface area contributed by atoms with Crippen LogP contribution in [0.4, 0.5) is 9.18 Å². The zero-order valence-corrected chi connectivity index (χ0v) is 25.2. The highest BCUT2D eigenvalue weighted by Crippen LogP contribution is 2.36. The van der Waals surface area contributed by atoms with Crippen LogP contribution in [0.25, 0.3) is 0 Å². The van der Waals surface area contributed by atoms with Gasteiger partial charge < -0.3 is 25.0 Å². The summed E-state index contributed by atoms with van der Waals surface area (Å²) in [5, 5.41) is 16.0. The lowest BCUT2D eigenvalue weighted by Gasteiger charge is -2.42. The molecule has 0 radical (unpaired) electrons. The largest absolute Gasteiger partial charge is 0.480 e. The van der Waals surface area contributed by atoms with Gasteiger partial charge in [0.25, 0.3) is 0 Å². The maximum Gasteiger partial charge on any atom is 0.338 e. The number of rotatable bonds is 7. The van der Waals surface area contributed by atoms with Crippen molar-refractivity contribution in [1.29, 1.82) is 0 Å². The van der Waals surface area contributed by atoms with Gasteiger partial charge in [0.1, 0.15) is 17.9 Å². The number of aromatic nitrogens is 1. The van der Waals surface area contributed by atoms with Crippen LogP contribution in [-0.2, 0) is 14.3 Å². The number of carbonyl (C=O) groups is 3. The van der Waals surface area contributed by atoms with Gasteiger partial charge in [-0.15, -0.1) is 17.8 Å². The Morgan fingerprint density at radius 3 is 2.70 bits per heavy atom. The number of thiazole rings is 1. The van der Waals surface area contributed by atoms with Crippen LogP contribution in [0.5, 0.6) is 0 Å². The Bertz CT molecular complexity index is 1540. The number of halogens is 1. The molecule has 0 saturated carbocycles. The minimum absolute atomic E-state index is 0.00659. The van der Waals surface area contributed by atoms with Gasteiger partial charge in [-0.1, -0.05) is 12.0 Å². The van der Waals surface area contributed by atoms with E-state index in [2.05, 4.69) is 16.2 Å². The monoisotopic (exact) mass is 608 g/mol. The number of carboxylic acid groups (broad SMARTS) is 1. The third-order valence-electron chi connectivity index (χ3n) is 7.78. The number of hydrogen-bond acceptors (Lipinski definition) is 9. The number of benzene rings is 1. The predicted molar refractivity (Wildman–Crippen MR) is 158 cm³/mol. The summed E-state index contributed by atoms with van der Waals surface area (Å²) in [6.45, 7) is 8.33. The molecule has 0 spiro atoms. The van der Waals surface area contributed by atoms with E-state index in [9.17, 15) is 23.9 Å². The SMILES string of the molecule is C#Cc1cc(F)ccc1[C@@H]1N=C(c2nccs2)NC(CN2CCN3C(=O)N(C(C)(C)C)C[C@H]3[C@@H]2C(=O)O)=C1C(=O)OCC. The summed E-state index contributed by atoms with van der Waals surface area (Å²) >= 11 is 1.33. The molecule has 0 unspecified atom stereocenters. The van der Waals surface area contributed by atoms with Gasteiger partial charge in [-0.25, -0.2) is 19.0 Å². The van der Waals surface area contributed by atoms with Crippen molar-refractivity contribution >= 4 is 35.1 Å². The maximum atomic E-state index is 14.2. The number of nitrogens with zero attached hydrogens (tertiary/aromatic N) is 5. The second-order valence-electron chi connectivity index (χ2n) is 11.4. The molecule has 43 heavy (non-hydrogen) atoms. The first-order valence-corrected chi connectivity index (χ1v) is 14.8. The second-order valence-corrected chi connectivity index (χ2v) is 12.3. The van der Waals surface area contributed by atoms with Gasteiger partial charge in [-0.05, 0) is 45.4 Å². The number of carboxylic acids is 1. The molecule has 2 aromatic rings. The van der Waals surface area contributed by atoms with Crippen molar-refractivity contribution in [3.8, 4) is 12.3 Å². The summed E-state index contributed by atoms with van der Waals surface area (Å²) in [6.07, 6.45) is 7.36. The van der Waals surface area contributed by atoms with E-state index in [4.69, 9.17) is 16.2 Å². The predicted octanol–water partition coefficient (Wildman–Crippen LogP) is 2.85. The average Bonchev–Trinajstić information content (AvgIpc) is 3.61. The van der Waals surface area contributed by atoms with Gasteiger partial charge in [-0.2, -0.15) is 0 Å². The average molecular weight is 609 g/mol. The van der Waals surface area contributed by atoms with Crippen LogP contribution in [0, 0.1) is 18.2 Å². The van der Waals surface area contributed by atoms with Gasteiger partial charge in [0.2, 0.25) is 0 Å². The van der Waals surface area contributed by atoms with E-state index in [0.717, 1.165) is 0 Å². The fourth-order valence-corrected chi connectivity index (χ4v) is 6.40. The summed E-state index contributed by atoms with van der Waals surface area (Å²) in [5.74, 6) is 0.575. The molecule has 3 aliphatic heterocycles. The van der Waals surface area contributed by atoms with Crippen LogP contribution in [0.2, 0.25) is 0 Å². The summed E-state index contributed by atoms with van der Waals surface area (Å²) in [6, 6.07) is 1.13. The number of fused-ring (bicyclic) bond motifs is 1. The Morgan fingerprint density at radius 2 is 2.07 bits per heavy atom. The quantitative estimate of drug-likeness (QED) is 0.363. The van der Waals surface area contributed by atoms with E-state index in [1.54, 1.807) is 33.2 Å². The summed E-state index contributed by atoms with van der Waals surface area (Å²) in [7, 11) is 0. The molecule has 11 nitrogen and oxygen atoms in total. The highest BCUT2D eigenvalue weighted by Gasteiger charge is 2.52. The van der Waals surface area contributed by atoms with Crippen molar-refractivity contribution in [2.24, 2.45) is 4.99 Å². The standard InChI is InChI=1S/C30H33FN6O5S/c1-6-17-14-18(31)8-9-19(17)23-22(28(40)42-7-2)20(33-25(34-23)26-32-10-13-43-26)15-35-11-12-36-21(24(35)27(38)39)16-37(29(36)41)30(3,4)5/h1,8-10,13-14,21,23-24H,7,11-12,15-16H2,2-5H3,(H,33,34)(H,38,39)/t21-,23-,24+/m0/s1. The molecule has 2 fully saturated rings. The Morgan fingerprint density at radius 1 is 1.30 bits per heavy atom. The zero-order valence-electron chi connectivity index (χ0n) is 24.3. The Hall–Kier alpha value is -4.28. The number of urea groups is 1. The van der Waals surface area contributed by atoms with Gasteiger partial charge in [0.05, 0.1) is 18.2 Å². The molecule has 0 bridgehead atoms. The molecule has 3 aliphatic rings. The molecule has 1 aromatic carbocycles. The number of aliphatic imine (C=N–C) groups is 1. The van der Waals surface area contributed by atoms with Gasteiger partial charge in [0.15, 0.2) is 10.8 Å². The van der Waals surface area contributed by atoms with Crippen molar-refractivity contribution in [1.82, 2.24) is 25.0 Å². The lowest BCUT2D eigenvalue weighted by atomic mass is 9.91. The van der Waals surface area contributed by atoms with Crippen LogP contribution in [0.15, 0.2) is 46.0 Å². The van der Waals surface area contributed by atoms with Crippen molar-refractivity contribution < 1.29 is 28.6 Å². The van der Waals surface area contributed by atoms with E-state index < -0.39 is 41.4 Å². The van der Waals surface area contributed by atoms with Crippen LogP contribution in [0.1, 0.15) is 49.9 Å². The Kier molecular flexibility index (Phi) is 8.27. The van der Waals surface area contributed by atoms with E-state index in [1.807, 2.05) is 20.8 Å². The topological polar surface area (TPSA) is 128 Å². The number of aliphatic carboxylic acids is 1. The number of esters is 1.